The van der Waals surface area contributed by atoms with E-state index in [2.05, 4.69) is 45.9 Å². The zero-order chi connectivity index (χ0) is 17.6. The maximum Gasteiger partial charge on any atom is 0.161 e. The summed E-state index contributed by atoms with van der Waals surface area (Å²) in [5, 5.41) is 3.48. The maximum absolute atomic E-state index is 5.85. The zero-order valence-corrected chi connectivity index (χ0v) is 16.6. The van der Waals surface area contributed by atoms with Crippen LogP contribution in [0.15, 0.2) is 30.6 Å². The summed E-state index contributed by atoms with van der Waals surface area (Å²) in [6.45, 7) is 6.58. The SMILES string of the molecule is CCCOc1cc(CN2CCNCC2c2nccn2C)ccc1OC.Cl. The Bertz CT molecular complexity index is 692. The van der Waals surface area contributed by atoms with E-state index in [1.54, 1.807) is 7.11 Å². The Balaban J connectivity index is 0.00000243. The first-order valence-electron chi connectivity index (χ1n) is 8.94. The average molecular weight is 381 g/mol. The van der Waals surface area contributed by atoms with E-state index < -0.39 is 0 Å². The van der Waals surface area contributed by atoms with Crippen molar-refractivity contribution in [1.82, 2.24) is 19.8 Å². The molecule has 1 unspecified atom stereocenters. The summed E-state index contributed by atoms with van der Waals surface area (Å²) in [5.74, 6) is 2.71. The van der Waals surface area contributed by atoms with Gasteiger partial charge in [-0.05, 0) is 24.1 Å². The molecule has 6 nitrogen and oxygen atoms in total. The summed E-state index contributed by atoms with van der Waals surface area (Å²) in [7, 11) is 3.74. The van der Waals surface area contributed by atoms with Gasteiger partial charge in [0.2, 0.25) is 0 Å². The number of halogens is 1. The van der Waals surface area contributed by atoms with Crippen molar-refractivity contribution in [3.05, 3.63) is 42.0 Å². The summed E-state index contributed by atoms with van der Waals surface area (Å²) in [5.41, 5.74) is 1.23. The largest absolute Gasteiger partial charge is 0.493 e. The van der Waals surface area contributed by atoms with Crippen molar-refractivity contribution in [2.24, 2.45) is 7.05 Å². The Hall–Kier alpha value is -1.76. The van der Waals surface area contributed by atoms with Crippen LogP contribution in [0.5, 0.6) is 11.5 Å². The summed E-state index contributed by atoms with van der Waals surface area (Å²) in [6.07, 6.45) is 4.85. The van der Waals surface area contributed by atoms with Crippen LogP contribution in [0.25, 0.3) is 0 Å². The molecule has 26 heavy (non-hydrogen) atoms. The molecule has 0 amide bonds. The van der Waals surface area contributed by atoms with Crippen molar-refractivity contribution in [2.45, 2.75) is 25.9 Å². The normalized spacial score (nSPS) is 17.6. The molecular weight excluding hydrogens is 352 g/mol. The van der Waals surface area contributed by atoms with Crippen molar-refractivity contribution >= 4 is 12.4 Å². The smallest absolute Gasteiger partial charge is 0.161 e. The van der Waals surface area contributed by atoms with Crippen LogP contribution in [0, 0.1) is 0 Å². The predicted octanol–water partition coefficient (Wildman–Crippen LogP) is 2.79. The van der Waals surface area contributed by atoms with Crippen molar-refractivity contribution in [2.75, 3.05) is 33.4 Å². The van der Waals surface area contributed by atoms with Crippen molar-refractivity contribution in [1.29, 1.82) is 0 Å². The summed E-state index contributed by atoms with van der Waals surface area (Å²) < 4.78 is 13.4. The zero-order valence-electron chi connectivity index (χ0n) is 15.8. The lowest BCUT2D eigenvalue weighted by molar-refractivity contribution is 0.144. The minimum atomic E-state index is 0. The van der Waals surface area contributed by atoms with E-state index in [0.717, 1.165) is 49.9 Å². The molecule has 0 saturated carbocycles. The van der Waals surface area contributed by atoms with Gasteiger partial charge in [-0.15, -0.1) is 12.4 Å². The number of nitrogens with one attached hydrogen (secondary N) is 1. The Labute approximate surface area is 161 Å². The van der Waals surface area contributed by atoms with Gasteiger partial charge in [-0.25, -0.2) is 4.98 Å². The van der Waals surface area contributed by atoms with Crippen molar-refractivity contribution < 1.29 is 9.47 Å². The summed E-state index contributed by atoms with van der Waals surface area (Å²) in [4.78, 5) is 7.03. The Morgan fingerprint density at radius 1 is 1.31 bits per heavy atom. The molecule has 1 atom stereocenters. The second-order valence-electron chi connectivity index (χ2n) is 6.42. The van der Waals surface area contributed by atoms with Gasteiger partial charge < -0.3 is 19.4 Å². The molecule has 2 heterocycles. The lowest BCUT2D eigenvalue weighted by atomic mass is 10.1. The van der Waals surface area contributed by atoms with Crippen LogP contribution in [0.2, 0.25) is 0 Å². The Morgan fingerprint density at radius 3 is 2.85 bits per heavy atom. The molecule has 1 aromatic heterocycles. The Kier molecular flexibility index (Phi) is 7.75. The molecule has 1 fully saturated rings. The number of methoxy groups -OCH3 is 1. The third-order valence-electron chi connectivity index (χ3n) is 4.59. The van der Waals surface area contributed by atoms with Crippen LogP contribution in [-0.4, -0.2) is 47.8 Å². The number of hydrogen-bond donors (Lipinski definition) is 1. The third kappa shape index (κ3) is 4.69. The topological polar surface area (TPSA) is 51.5 Å². The first-order valence-corrected chi connectivity index (χ1v) is 8.94. The fourth-order valence-electron chi connectivity index (χ4n) is 3.27. The molecule has 0 radical (unpaired) electrons. The van der Waals surface area contributed by atoms with E-state index in [0.29, 0.717) is 6.61 Å². The minimum Gasteiger partial charge on any atom is -0.493 e. The second kappa shape index (κ2) is 9.80. The molecule has 1 aliphatic rings. The van der Waals surface area contributed by atoms with E-state index in [4.69, 9.17) is 9.47 Å². The lowest BCUT2D eigenvalue weighted by Gasteiger charge is -2.35. The molecule has 1 aromatic carbocycles. The summed E-state index contributed by atoms with van der Waals surface area (Å²) in [6, 6.07) is 6.50. The fraction of sp³-hybridized carbons (Fsp3) is 0.526. The van der Waals surface area contributed by atoms with Crippen LogP contribution >= 0.6 is 12.4 Å². The van der Waals surface area contributed by atoms with E-state index >= 15 is 0 Å². The number of benzene rings is 1. The van der Waals surface area contributed by atoms with Gasteiger partial charge in [-0.3, -0.25) is 4.90 Å². The number of nitrogens with zero attached hydrogens (tertiary/aromatic N) is 3. The van der Waals surface area contributed by atoms with E-state index in [1.807, 2.05) is 18.5 Å². The quantitative estimate of drug-likeness (QED) is 0.800. The van der Waals surface area contributed by atoms with Crippen molar-refractivity contribution in [3.8, 4) is 11.5 Å². The first-order chi connectivity index (χ1) is 12.2. The highest BCUT2D eigenvalue weighted by Crippen LogP contribution is 2.30. The average Bonchev–Trinajstić information content (AvgIpc) is 3.06. The third-order valence-corrected chi connectivity index (χ3v) is 4.59. The van der Waals surface area contributed by atoms with Crippen LogP contribution in [0.3, 0.4) is 0 Å². The van der Waals surface area contributed by atoms with Gasteiger partial charge in [0, 0.05) is 45.6 Å². The number of aromatic nitrogens is 2. The van der Waals surface area contributed by atoms with Gasteiger partial charge in [0.15, 0.2) is 11.5 Å². The van der Waals surface area contributed by atoms with Gasteiger partial charge >= 0.3 is 0 Å². The second-order valence-corrected chi connectivity index (χ2v) is 6.42. The van der Waals surface area contributed by atoms with Gasteiger partial charge in [-0.2, -0.15) is 0 Å². The standard InChI is InChI=1S/C19H28N4O2.ClH/c1-4-11-25-18-12-15(5-6-17(18)24-3)14-23-10-7-20-13-16(23)19-21-8-9-22(19)2;/h5-6,8-9,12,16,20H,4,7,10-11,13-14H2,1-3H3;1H. The molecule has 0 spiro atoms. The molecule has 1 saturated heterocycles. The van der Waals surface area contributed by atoms with Crippen LogP contribution in [0.4, 0.5) is 0 Å². The fourth-order valence-corrected chi connectivity index (χ4v) is 3.27. The lowest BCUT2D eigenvalue weighted by Crippen LogP contribution is -2.46. The molecule has 1 aliphatic heterocycles. The van der Waals surface area contributed by atoms with Crippen LogP contribution < -0.4 is 14.8 Å². The van der Waals surface area contributed by atoms with Crippen molar-refractivity contribution in [3.63, 3.8) is 0 Å². The molecular formula is C19H29ClN4O2. The predicted molar refractivity (Wildman–Crippen MR) is 105 cm³/mol. The molecule has 0 aliphatic carbocycles. The highest BCUT2D eigenvalue weighted by molar-refractivity contribution is 5.85. The molecule has 0 bridgehead atoms. The monoisotopic (exact) mass is 380 g/mol. The maximum atomic E-state index is 5.85. The number of aryl methyl sites for hydroxylation is 1. The minimum absolute atomic E-state index is 0. The number of imidazole rings is 1. The van der Waals surface area contributed by atoms with Crippen LogP contribution in [0.1, 0.15) is 30.8 Å². The first kappa shape index (κ1) is 20.6. The summed E-state index contributed by atoms with van der Waals surface area (Å²) >= 11 is 0. The molecule has 2 aromatic rings. The van der Waals surface area contributed by atoms with Gasteiger partial charge in [0.05, 0.1) is 19.8 Å². The molecule has 3 rings (SSSR count). The van der Waals surface area contributed by atoms with Crippen LogP contribution in [-0.2, 0) is 13.6 Å². The molecule has 144 valence electrons. The highest BCUT2D eigenvalue weighted by atomic mass is 35.5. The number of piperazine rings is 1. The molecule has 1 N–H and O–H groups in total. The van der Waals surface area contributed by atoms with Gasteiger partial charge in [-0.1, -0.05) is 13.0 Å². The molecule has 7 heteroatoms. The number of hydrogen-bond acceptors (Lipinski definition) is 5. The highest BCUT2D eigenvalue weighted by Gasteiger charge is 2.26. The van der Waals surface area contributed by atoms with E-state index in [9.17, 15) is 0 Å². The number of rotatable bonds is 7. The van der Waals surface area contributed by atoms with E-state index in [1.165, 1.54) is 5.56 Å². The van der Waals surface area contributed by atoms with E-state index in [-0.39, 0.29) is 18.4 Å². The number of ether oxygens (including phenoxy) is 2. The Morgan fingerprint density at radius 2 is 2.15 bits per heavy atom. The van der Waals surface area contributed by atoms with Gasteiger partial charge in [0.1, 0.15) is 5.82 Å². The van der Waals surface area contributed by atoms with Gasteiger partial charge in [0.25, 0.3) is 0 Å².